The molecular formula is C29H41N9O10. The highest BCUT2D eigenvalue weighted by Crippen LogP contribution is 2.13. The molecule has 2 unspecified atom stereocenters. The van der Waals surface area contributed by atoms with Crippen LogP contribution in [0.1, 0.15) is 38.2 Å². The molecule has 0 aromatic heterocycles. The van der Waals surface area contributed by atoms with Crippen molar-refractivity contribution in [2.75, 3.05) is 20.6 Å². The molecule has 0 saturated carbocycles. The van der Waals surface area contributed by atoms with Crippen molar-refractivity contribution in [3.8, 4) is 0 Å². The van der Waals surface area contributed by atoms with Crippen LogP contribution >= 0.6 is 0 Å². The van der Waals surface area contributed by atoms with Crippen molar-refractivity contribution in [2.24, 2.45) is 10.7 Å². The first-order valence-electron chi connectivity index (χ1n) is 14.9. The number of carbonyl (C=O) groups is 8. The van der Waals surface area contributed by atoms with Crippen molar-refractivity contribution in [1.29, 1.82) is 0 Å². The highest BCUT2D eigenvalue weighted by Gasteiger charge is 2.36. The number of aliphatic imine (C=N–C) groups is 1. The molecule has 1 fully saturated rings. The van der Waals surface area contributed by atoms with Gasteiger partial charge in [-0.15, -0.1) is 0 Å². The molecule has 1 heterocycles. The summed E-state index contributed by atoms with van der Waals surface area (Å²) in [5, 5.41) is 33.1. The number of benzene rings is 1. The molecule has 7 amide bonds. The molecular weight excluding hydrogens is 634 g/mol. The second kappa shape index (κ2) is 18.4. The van der Waals surface area contributed by atoms with Gasteiger partial charge in [-0.05, 0) is 25.3 Å². The summed E-state index contributed by atoms with van der Waals surface area (Å²) in [4.78, 5) is 106. The maximum Gasteiger partial charge on any atom is 0.326 e. The molecule has 19 heteroatoms. The SMILES string of the molecule is CNC(=O)NC(N)=NCCCC1NC(=O)[C@@H](C)NC(=O)C[C@@H](C(=O)O)NC(=O)C[C@@H](C(=O)O)NC(=O)C(Cc2ccccc2)N(C)C1=O. The van der Waals surface area contributed by atoms with Gasteiger partial charge in [0, 0.05) is 27.1 Å². The van der Waals surface area contributed by atoms with E-state index in [1.807, 2.05) is 0 Å². The number of nitrogens with two attached hydrogens (primary N) is 1. The van der Waals surface area contributed by atoms with Crippen LogP contribution < -0.4 is 37.6 Å². The van der Waals surface area contributed by atoms with Gasteiger partial charge in [0.2, 0.25) is 29.5 Å². The Kier molecular flexibility index (Phi) is 14.7. The summed E-state index contributed by atoms with van der Waals surface area (Å²) >= 11 is 0. The van der Waals surface area contributed by atoms with E-state index < -0.39 is 90.6 Å². The van der Waals surface area contributed by atoms with Gasteiger partial charge in [-0.25, -0.2) is 14.4 Å². The number of guanidine groups is 1. The van der Waals surface area contributed by atoms with Crippen molar-refractivity contribution >= 4 is 53.5 Å². The van der Waals surface area contributed by atoms with Crippen molar-refractivity contribution in [1.82, 2.24) is 36.8 Å². The van der Waals surface area contributed by atoms with E-state index in [0.29, 0.717) is 5.56 Å². The highest BCUT2D eigenvalue weighted by molar-refractivity contribution is 5.97. The predicted molar refractivity (Wildman–Crippen MR) is 168 cm³/mol. The van der Waals surface area contributed by atoms with Crippen molar-refractivity contribution in [3.05, 3.63) is 35.9 Å². The molecule has 0 bridgehead atoms. The number of urea groups is 1. The Labute approximate surface area is 275 Å². The van der Waals surface area contributed by atoms with Crippen LogP contribution in [-0.4, -0.2) is 119 Å². The number of carboxylic acid groups (broad SMARTS) is 2. The van der Waals surface area contributed by atoms with Gasteiger partial charge >= 0.3 is 18.0 Å². The van der Waals surface area contributed by atoms with E-state index in [-0.39, 0.29) is 31.8 Å². The third-order valence-electron chi connectivity index (χ3n) is 7.20. The summed E-state index contributed by atoms with van der Waals surface area (Å²) in [7, 11) is 2.67. The van der Waals surface area contributed by atoms with Gasteiger partial charge in [0.05, 0.1) is 12.8 Å². The van der Waals surface area contributed by atoms with E-state index in [1.165, 1.54) is 21.0 Å². The van der Waals surface area contributed by atoms with Gasteiger partial charge < -0.3 is 47.4 Å². The lowest BCUT2D eigenvalue weighted by atomic mass is 10.0. The molecule has 1 aliphatic heterocycles. The standard InChI is InChI=1S/C29H41N9O10/c1-15-23(41)35-17(10-7-11-32-28(30)37-29(48)31-2)25(43)38(3)20(12-16-8-5-4-6-9-16)24(42)36-19(27(46)47)14-22(40)34-18(26(44)45)13-21(39)33-15/h4-6,8-9,15,17-20H,7,10-14H2,1-3H3,(H,33,39)(H,34,40)(H,35,41)(H,36,42)(H,44,45)(H,46,47)(H4,30,31,32,37,48)/t15-,17?,18+,19+,20?/m1/s1. The molecule has 1 aromatic carbocycles. The van der Waals surface area contributed by atoms with E-state index in [9.17, 15) is 48.6 Å². The van der Waals surface area contributed by atoms with Crippen molar-refractivity contribution < 1.29 is 48.6 Å². The summed E-state index contributed by atoms with van der Waals surface area (Å²) < 4.78 is 0. The number of carboxylic acids is 2. The molecule has 0 spiro atoms. The monoisotopic (exact) mass is 675 g/mol. The molecule has 19 nitrogen and oxygen atoms in total. The topological polar surface area (TPSA) is 291 Å². The fourth-order valence-corrected chi connectivity index (χ4v) is 4.57. The first-order valence-corrected chi connectivity index (χ1v) is 14.9. The maximum atomic E-state index is 13.9. The van der Waals surface area contributed by atoms with Gasteiger partial charge in [-0.3, -0.25) is 34.3 Å². The molecule has 1 aromatic rings. The lowest BCUT2D eigenvalue weighted by Crippen LogP contribution is -2.58. The summed E-state index contributed by atoms with van der Waals surface area (Å²) in [6, 6.07) is 0.354. The summed E-state index contributed by atoms with van der Waals surface area (Å²) in [6.07, 6.45) is -1.70. The minimum Gasteiger partial charge on any atom is -0.480 e. The molecule has 262 valence electrons. The quantitative estimate of drug-likeness (QED) is 0.0760. The van der Waals surface area contributed by atoms with Crippen LogP contribution in [0.5, 0.6) is 0 Å². The number of rotatable bonds is 8. The molecule has 5 atom stereocenters. The van der Waals surface area contributed by atoms with E-state index >= 15 is 0 Å². The Morgan fingerprint density at radius 1 is 0.917 bits per heavy atom. The van der Waals surface area contributed by atoms with E-state index in [4.69, 9.17) is 5.73 Å². The largest absolute Gasteiger partial charge is 0.480 e. The molecule has 2 rings (SSSR count). The van der Waals surface area contributed by atoms with Gasteiger partial charge in [-0.2, -0.15) is 0 Å². The molecule has 0 radical (unpaired) electrons. The first-order chi connectivity index (χ1) is 22.6. The van der Waals surface area contributed by atoms with Gasteiger partial charge in [0.25, 0.3) is 0 Å². The minimum absolute atomic E-state index is 0.0112. The number of likely N-dealkylation sites (N-methyl/N-ethyl adjacent to an activating group) is 1. The molecule has 0 aliphatic carbocycles. The van der Waals surface area contributed by atoms with E-state index in [0.717, 1.165) is 4.90 Å². The lowest BCUT2D eigenvalue weighted by Gasteiger charge is -2.32. The Bertz CT molecular complexity index is 1400. The Hall–Kier alpha value is -5.75. The number of nitrogens with one attached hydrogen (secondary N) is 6. The summed E-state index contributed by atoms with van der Waals surface area (Å²) in [5.74, 6) is -7.96. The molecule has 10 N–H and O–H groups in total. The zero-order chi connectivity index (χ0) is 36.0. The third kappa shape index (κ3) is 12.2. The van der Waals surface area contributed by atoms with Crippen LogP contribution in [0.25, 0.3) is 0 Å². The van der Waals surface area contributed by atoms with Crippen LogP contribution in [0.15, 0.2) is 35.3 Å². The van der Waals surface area contributed by atoms with Crippen molar-refractivity contribution in [3.63, 3.8) is 0 Å². The van der Waals surface area contributed by atoms with E-state index in [1.54, 1.807) is 30.3 Å². The smallest absolute Gasteiger partial charge is 0.326 e. The van der Waals surface area contributed by atoms with Gasteiger partial charge in [0.1, 0.15) is 30.2 Å². The average molecular weight is 676 g/mol. The second-order valence-corrected chi connectivity index (χ2v) is 10.9. The average Bonchev–Trinajstić information content (AvgIpc) is 3.03. The van der Waals surface area contributed by atoms with E-state index in [2.05, 4.69) is 36.9 Å². The second-order valence-electron chi connectivity index (χ2n) is 10.9. The number of amides is 7. The molecule has 1 aliphatic rings. The minimum atomic E-state index is -1.83. The number of hydrogen-bond acceptors (Lipinski definition) is 9. The fraction of sp³-hybridized carbons (Fsp3) is 0.483. The number of carbonyl (C=O) groups excluding carboxylic acids is 6. The number of hydrogen-bond donors (Lipinski definition) is 9. The van der Waals surface area contributed by atoms with Gasteiger partial charge in [0.15, 0.2) is 5.96 Å². The zero-order valence-electron chi connectivity index (χ0n) is 26.6. The highest BCUT2D eigenvalue weighted by atomic mass is 16.4. The van der Waals surface area contributed by atoms with Crippen molar-refractivity contribution in [2.45, 2.75) is 69.2 Å². The normalized spacial score (nSPS) is 23.5. The number of aliphatic carboxylic acids is 2. The summed E-state index contributed by atoms with van der Waals surface area (Å²) in [5.41, 5.74) is 6.27. The molecule has 1 saturated heterocycles. The molecule has 48 heavy (non-hydrogen) atoms. The Morgan fingerprint density at radius 3 is 2.08 bits per heavy atom. The van der Waals surface area contributed by atoms with Gasteiger partial charge in [-0.1, -0.05) is 30.3 Å². The lowest BCUT2D eigenvalue weighted by molar-refractivity contribution is -0.147. The number of nitrogens with zero attached hydrogens (tertiary/aromatic N) is 2. The fourth-order valence-electron chi connectivity index (χ4n) is 4.57. The van der Waals surface area contributed by atoms with Crippen LogP contribution in [0.2, 0.25) is 0 Å². The third-order valence-corrected chi connectivity index (χ3v) is 7.20. The van der Waals surface area contributed by atoms with Crippen LogP contribution in [0.3, 0.4) is 0 Å². The first kappa shape index (κ1) is 38.4. The van der Waals surface area contributed by atoms with Crippen LogP contribution in [0.4, 0.5) is 4.79 Å². The Morgan fingerprint density at radius 2 is 1.50 bits per heavy atom. The Balaban J connectivity index is 2.50. The van der Waals surface area contributed by atoms with Crippen LogP contribution in [0, 0.1) is 0 Å². The van der Waals surface area contributed by atoms with Crippen LogP contribution in [-0.2, 0) is 40.0 Å². The maximum absolute atomic E-state index is 13.9. The predicted octanol–water partition coefficient (Wildman–Crippen LogP) is -3.00. The zero-order valence-corrected chi connectivity index (χ0v) is 26.6. The summed E-state index contributed by atoms with van der Waals surface area (Å²) in [6.45, 7) is 1.30.